The molecule has 0 aliphatic rings. The van der Waals surface area contributed by atoms with Gasteiger partial charge in [0.25, 0.3) is 0 Å². The van der Waals surface area contributed by atoms with Gasteiger partial charge in [-0.1, -0.05) is 11.2 Å². The summed E-state index contributed by atoms with van der Waals surface area (Å²) in [5.41, 5.74) is 3.07. The van der Waals surface area contributed by atoms with Crippen molar-refractivity contribution in [3.63, 3.8) is 0 Å². The zero-order valence-electron chi connectivity index (χ0n) is 10.2. The molecule has 0 saturated carbocycles. The third-order valence-electron chi connectivity index (χ3n) is 2.36. The predicted octanol–water partition coefficient (Wildman–Crippen LogP) is 2.81. The summed E-state index contributed by atoms with van der Waals surface area (Å²) in [6, 6.07) is 4.12. The third-order valence-corrected chi connectivity index (χ3v) is 2.53. The summed E-state index contributed by atoms with van der Waals surface area (Å²) in [6.45, 7) is 0.283. The second-order valence-electron chi connectivity index (χ2n) is 3.76. The Morgan fingerprint density at radius 1 is 1.45 bits per heavy atom. The van der Waals surface area contributed by atoms with Gasteiger partial charge in [-0.25, -0.2) is 4.39 Å². The van der Waals surface area contributed by atoms with Gasteiger partial charge in [0.15, 0.2) is 0 Å². The molecule has 1 heterocycles. The van der Waals surface area contributed by atoms with Crippen molar-refractivity contribution < 1.29 is 22.5 Å². The molecule has 1 N–H and O–H groups in total. The lowest BCUT2D eigenvalue weighted by Gasteiger charge is -2.04. The lowest BCUT2D eigenvalue weighted by Crippen LogP contribution is -2.10. The fourth-order valence-electron chi connectivity index (χ4n) is 1.45. The van der Waals surface area contributed by atoms with Gasteiger partial charge >= 0.3 is 11.3 Å². The number of hydrogen-bond donors (Lipinski definition) is 1. The van der Waals surface area contributed by atoms with E-state index in [1.165, 1.54) is 19.2 Å². The smallest absolute Gasteiger partial charge is 0.331 e. The number of halogens is 4. The monoisotopic (exact) mass is 307 g/mol. The Bertz CT molecular complexity index is 601. The fraction of sp³-hybridized carbons (Fsp3) is 0.273. The molecule has 0 atom stereocenters. The molecule has 0 fully saturated rings. The highest BCUT2D eigenvalue weighted by Crippen LogP contribution is 2.32. The van der Waals surface area contributed by atoms with Gasteiger partial charge in [0.2, 0.25) is 5.82 Å². The van der Waals surface area contributed by atoms with E-state index in [1.807, 2.05) is 0 Å². The van der Waals surface area contributed by atoms with E-state index in [-0.39, 0.29) is 17.9 Å². The molecule has 0 bridgehead atoms. The molecule has 2 rings (SSSR count). The number of nitrogens with one attached hydrogen (secondary N) is 1. The molecule has 108 valence electrons. The number of hydrogen-bond acceptors (Lipinski definition) is 5. The Labute approximate surface area is 116 Å². The standard InChI is InChI=1S/C11H9ClF3N3O2/c1-19-16-5-6-2-3-7(8(13)4-6)9-17-10(20-18-9)11(12,14)15/h2-4,16H,5H2,1H3. The van der Waals surface area contributed by atoms with Crippen LogP contribution in [0.15, 0.2) is 22.7 Å². The molecule has 5 nitrogen and oxygen atoms in total. The fourth-order valence-corrected chi connectivity index (χ4v) is 1.53. The Kier molecular flexibility index (Phi) is 4.26. The minimum absolute atomic E-state index is 0.0675. The van der Waals surface area contributed by atoms with Crippen molar-refractivity contribution in [2.75, 3.05) is 7.11 Å². The van der Waals surface area contributed by atoms with Crippen molar-refractivity contribution in [2.45, 2.75) is 11.9 Å². The average molecular weight is 308 g/mol. The quantitative estimate of drug-likeness (QED) is 0.680. The van der Waals surface area contributed by atoms with Gasteiger partial charge in [0, 0.05) is 6.54 Å². The van der Waals surface area contributed by atoms with E-state index in [9.17, 15) is 13.2 Å². The Morgan fingerprint density at radius 3 is 2.75 bits per heavy atom. The second kappa shape index (κ2) is 5.78. The summed E-state index contributed by atoms with van der Waals surface area (Å²) >= 11 is 4.74. The lowest BCUT2D eigenvalue weighted by molar-refractivity contribution is 0.0551. The highest BCUT2D eigenvalue weighted by Gasteiger charge is 2.36. The average Bonchev–Trinajstić information content (AvgIpc) is 2.85. The molecule has 0 saturated heterocycles. The van der Waals surface area contributed by atoms with Gasteiger partial charge in [-0.3, -0.25) is 0 Å². The van der Waals surface area contributed by atoms with Crippen LogP contribution in [0.1, 0.15) is 11.5 Å². The normalized spacial score (nSPS) is 11.8. The first-order chi connectivity index (χ1) is 9.41. The van der Waals surface area contributed by atoms with Crippen molar-refractivity contribution >= 4 is 11.6 Å². The number of nitrogens with zero attached hydrogens (tertiary/aromatic N) is 2. The number of aromatic nitrogens is 2. The Balaban J connectivity index is 2.27. The largest absolute Gasteiger partial charge is 0.400 e. The van der Waals surface area contributed by atoms with E-state index in [1.54, 1.807) is 6.07 Å². The van der Waals surface area contributed by atoms with Gasteiger partial charge in [0.1, 0.15) is 5.82 Å². The zero-order chi connectivity index (χ0) is 14.8. The summed E-state index contributed by atoms with van der Waals surface area (Å²) in [5.74, 6) is -2.06. The summed E-state index contributed by atoms with van der Waals surface area (Å²) in [4.78, 5) is 8.00. The van der Waals surface area contributed by atoms with Crippen LogP contribution < -0.4 is 5.48 Å². The maximum atomic E-state index is 13.9. The van der Waals surface area contributed by atoms with Crippen molar-refractivity contribution in [1.29, 1.82) is 0 Å². The van der Waals surface area contributed by atoms with Crippen LogP contribution in [0.4, 0.5) is 13.2 Å². The molecule has 0 aliphatic heterocycles. The van der Waals surface area contributed by atoms with Gasteiger partial charge in [-0.05, 0) is 29.3 Å². The summed E-state index contributed by atoms with van der Waals surface area (Å²) in [6.07, 6.45) is 0. The molecule has 0 aliphatic carbocycles. The molecule has 1 aromatic carbocycles. The Hall–Kier alpha value is -1.64. The molecule has 9 heteroatoms. The summed E-state index contributed by atoms with van der Waals surface area (Å²) in [7, 11) is 1.43. The van der Waals surface area contributed by atoms with E-state index >= 15 is 0 Å². The topological polar surface area (TPSA) is 60.2 Å². The van der Waals surface area contributed by atoms with Crippen LogP contribution in [0.3, 0.4) is 0 Å². The van der Waals surface area contributed by atoms with Crippen molar-refractivity contribution in [3.8, 4) is 11.4 Å². The molecule has 0 unspecified atom stereocenters. The van der Waals surface area contributed by atoms with Crippen molar-refractivity contribution in [3.05, 3.63) is 35.5 Å². The lowest BCUT2D eigenvalue weighted by atomic mass is 10.1. The highest BCUT2D eigenvalue weighted by molar-refractivity contribution is 6.21. The molecule has 2 aromatic rings. The maximum Gasteiger partial charge on any atom is 0.400 e. The van der Waals surface area contributed by atoms with Crippen molar-refractivity contribution in [2.24, 2.45) is 0 Å². The van der Waals surface area contributed by atoms with Crippen LogP contribution in [0.5, 0.6) is 0 Å². The molecular formula is C11H9ClF3N3O2. The molecule has 20 heavy (non-hydrogen) atoms. The van der Waals surface area contributed by atoms with Gasteiger partial charge < -0.3 is 9.36 Å². The minimum Gasteiger partial charge on any atom is -0.331 e. The third kappa shape index (κ3) is 3.27. The molecule has 0 amide bonds. The van der Waals surface area contributed by atoms with E-state index in [0.717, 1.165) is 0 Å². The van der Waals surface area contributed by atoms with Crippen LogP contribution >= 0.6 is 11.6 Å². The van der Waals surface area contributed by atoms with E-state index in [2.05, 4.69) is 25.0 Å². The molecule has 0 spiro atoms. The first kappa shape index (κ1) is 14.8. The van der Waals surface area contributed by atoms with Crippen LogP contribution in [-0.4, -0.2) is 17.3 Å². The molecule has 0 radical (unpaired) electrons. The van der Waals surface area contributed by atoms with Crippen LogP contribution in [0, 0.1) is 5.82 Å². The highest BCUT2D eigenvalue weighted by atomic mass is 35.5. The van der Waals surface area contributed by atoms with Gasteiger partial charge in [-0.15, -0.1) is 0 Å². The zero-order valence-corrected chi connectivity index (χ0v) is 10.9. The van der Waals surface area contributed by atoms with E-state index in [4.69, 9.17) is 11.6 Å². The summed E-state index contributed by atoms with van der Waals surface area (Å²) in [5, 5.41) is -0.513. The Morgan fingerprint density at radius 2 is 2.20 bits per heavy atom. The van der Waals surface area contributed by atoms with Crippen LogP contribution in [-0.2, 0) is 16.8 Å². The predicted molar refractivity (Wildman–Crippen MR) is 63.3 cm³/mol. The van der Waals surface area contributed by atoms with E-state index < -0.39 is 17.1 Å². The molecular weight excluding hydrogens is 299 g/mol. The number of rotatable bonds is 5. The van der Waals surface area contributed by atoms with Gasteiger partial charge in [0.05, 0.1) is 12.7 Å². The minimum atomic E-state index is -3.79. The van der Waals surface area contributed by atoms with Crippen LogP contribution in [0.2, 0.25) is 0 Å². The first-order valence-corrected chi connectivity index (χ1v) is 5.75. The number of benzene rings is 1. The number of hydroxylamine groups is 1. The van der Waals surface area contributed by atoms with Gasteiger partial charge in [-0.2, -0.15) is 19.2 Å². The maximum absolute atomic E-state index is 13.9. The number of alkyl halides is 3. The summed E-state index contributed by atoms with van der Waals surface area (Å²) < 4.78 is 43.6. The second-order valence-corrected chi connectivity index (χ2v) is 4.24. The van der Waals surface area contributed by atoms with E-state index in [0.29, 0.717) is 5.56 Å². The van der Waals surface area contributed by atoms with Crippen molar-refractivity contribution in [1.82, 2.24) is 15.6 Å². The van der Waals surface area contributed by atoms with Crippen LogP contribution in [0.25, 0.3) is 11.4 Å². The first-order valence-electron chi connectivity index (χ1n) is 5.37. The SMILES string of the molecule is CONCc1ccc(-c2noc(C(F)(F)Cl)n2)c(F)c1. The molecule has 1 aromatic heterocycles.